The molecule has 2 aromatic rings. The largest absolute Gasteiger partial charge is 0.382 e. The summed E-state index contributed by atoms with van der Waals surface area (Å²) in [7, 11) is 0. The van der Waals surface area contributed by atoms with E-state index in [9.17, 15) is 4.79 Å². The normalized spacial score (nSPS) is 11.5. The molecule has 2 rings (SSSR count). The number of nitrogens with two attached hydrogens (primary N) is 1. The highest BCUT2D eigenvalue weighted by Gasteiger charge is 2.14. The van der Waals surface area contributed by atoms with E-state index in [0.29, 0.717) is 23.0 Å². The van der Waals surface area contributed by atoms with Crippen LogP contribution >= 0.6 is 11.8 Å². The minimum absolute atomic E-state index is 0.0685. The Morgan fingerprint density at radius 1 is 1.43 bits per heavy atom. The van der Waals surface area contributed by atoms with Crippen molar-refractivity contribution in [1.29, 1.82) is 0 Å². The first-order valence-electron chi connectivity index (χ1n) is 7.23. The van der Waals surface area contributed by atoms with Crippen molar-refractivity contribution in [2.75, 3.05) is 12.3 Å². The summed E-state index contributed by atoms with van der Waals surface area (Å²) in [5.41, 5.74) is 8.38. The van der Waals surface area contributed by atoms with Crippen molar-refractivity contribution in [2.45, 2.75) is 25.3 Å². The molecular formula is C15H19N5O2S. The van der Waals surface area contributed by atoms with E-state index in [-0.39, 0.29) is 11.7 Å². The number of rotatable bonds is 7. The van der Waals surface area contributed by atoms with Crippen LogP contribution in [-0.2, 0) is 11.2 Å². The predicted octanol–water partition coefficient (Wildman–Crippen LogP) is 1.90. The van der Waals surface area contributed by atoms with Gasteiger partial charge in [0.15, 0.2) is 16.6 Å². The minimum Gasteiger partial charge on any atom is -0.382 e. The van der Waals surface area contributed by atoms with Gasteiger partial charge in [-0.2, -0.15) is 0 Å². The Kier molecular flexibility index (Phi) is 6.16. The maximum Gasteiger partial charge on any atom is 0.216 e. The van der Waals surface area contributed by atoms with Crippen LogP contribution in [0.2, 0.25) is 0 Å². The quantitative estimate of drug-likeness (QED) is 0.347. The highest BCUT2D eigenvalue weighted by atomic mass is 32.2. The van der Waals surface area contributed by atoms with Crippen molar-refractivity contribution >= 4 is 29.2 Å². The van der Waals surface area contributed by atoms with Crippen molar-refractivity contribution in [2.24, 2.45) is 10.7 Å². The van der Waals surface area contributed by atoms with Crippen LogP contribution < -0.4 is 11.1 Å². The number of carbonyl (C=O) groups is 1. The van der Waals surface area contributed by atoms with Gasteiger partial charge >= 0.3 is 0 Å². The van der Waals surface area contributed by atoms with Crippen LogP contribution in [0.25, 0.3) is 0 Å². The maximum atomic E-state index is 10.8. The lowest BCUT2D eigenvalue weighted by Crippen LogP contribution is -2.22. The average Bonchev–Trinajstić information content (AvgIpc) is 3.00. The summed E-state index contributed by atoms with van der Waals surface area (Å²) in [6, 6.07) is 7.83. The van der Waals surface area contributed by atoms with Crippen LogP contribution in [0.15, 0.2) is 38.9 Å². The van der Waals surface area contributed by atoms with E-state index in [1.165, 1.54) is 24.2 Å². The fourth-order valence-electron chi connectivity index (χ4n) is 1.84. The van der Waals surface area contributed by atoms with Crippen LogP contribution in [0.4, 0.5) is 5.69 Å². The molecule has 7 nitrogen and oxygen atoms in total. The van der Waals surface area contributed by atoms with Crippen molar-refractivity contribution in [3.05, 3.63) is 35.5 Å². The summed E-state index contributed by atoms with van der Waals surface area (Å²) in [6.07, 6.45) is 0.930. The molecule has 1 aromatic carbocycles. The lowest BCUT2D eigenvalue weighted by Gasteiger charge is -2.02. The summed E-state index contributed by atoms with van der Waals surface area (Å²) >= 11 is 1.40. The zero-order valence-corrected chi connectivity index (χ0v) is 13.9. The Bertz CT molecular complexity index is 699. The molecule has 0 bridgehead atoms. The van der Waals surface area contributed by atoms with Gasteiger partial charge in [-0.15, -0.1) is 0 Å². The molecule has 0 aliphatic carbocycles. The van der Waals surface area contributed by atoms with Gasteiger partial charge in [-0.1, -0.05) is 30.8 Å². The number of nitrogens with one attached hydrogen (secondary N) is 1. The predicted molar refractivity (Wildman–Crippen MR) is 89.9 cm³/mol. The Balaban J connectivity index is 2.07. The van der Waals surface area contributed by atoms with Gasteiger partial charge in [-0.25, -0.2) is 9.62 Å². The topological polar surface area (TPSA) is 106 Å². The smallest absolute Gasteiger partial charge is 0.216 e. The first kappa shape index (κ1) is 17.0. The summed E-state index contributed by atoms with van der Waals surface area (Å²) in [4.78, 5) is 15.2. The van der Waals surface area contributed by atoms with Gasteiger partial charge < -0.3 is 11.1 Å². The highest BCUT2D eigenvalue weighted by molar-refractivity contribution is 7.99. The monoisotopic (exact) mass is 333 g/mol. The molecule has 8 heteroatoms. The van der Waals surface area contributed by atoms with Crippen molar-refractivity contribution < 1.29 is 9.42 Å². The van der Waals surface area contributed by atoms with Gasteiger partial charge in [0.1, 0.15) is 0 Å². The summed E-state index contributed by atoms with van der Waals surface area (Å²) in [5.74, 6) is 0.821. The molecule has 1 amide bonds. The first-order chi connectivity index (χ1) is 11.1. The third-order valence-corrected chi connectivity index (χ3v) is 3.93. The number of thioether (sulfide) groups is 1. The molecular weight excluding hydrogens is 314 g/mol. The third-order valence-electron chi connectivity index (χ3n) is 2.98. The SMILES string of the molecule is CCc1cccc(N=C(N)c2nonc2SCCNC(C)=O)c1. The van der Waals surface area contributed by atoms with Gasteiger partial charge in [-0.05, 0) is 34.4 Å². The number of amidine groups is 1. The standard InChI is InChI=1S/C15H19N5O2S/c1-3-11-5-4-6-12(9-11)18-14(16)13-15(20-22-19-13)23-8-7-17-10(2)21/h4-6,9H,3,7-8H2,1-2H3,(H2,16,18)(H,17,21). The number of hydrogen-bond donors (Lipinski definition) is 2. The molecule has 0 spiro atoms. The number of carbonyl (C=O) groups excluding carboxylic acids is 1. The summed E-state index contributed by atoms with van der Waals surface area (Å²) in [5, 5.41) is 10.9. The van der Waals surface area contributed by atoms with Crippen molar-refractivity contribution in [1.82, 2.24) is 15.6 Å². The summed E-state index contributed by atoms with van der Waals surface area (Å²) in [6.45, 7) is 4.09. The van der Waals surface area contributed by atoms with Crippen LogP contribution in [0.1, 0.15) is 25.1 Å². The number of hydrogen-bond acceptors (Lipinski definition) is 6. The molecule has 0 fully saturated rings. The van der Waals surface area contributed by atoms with E-state index in [4.69, 9.17) is 10.4 Å². The Labute approximate surface area is 138 Å². The second-order valence-electron chi connectivity index (χ2n) is 4.77. The van der Waals surface area contributed by atoms with Gasteiger partial charge in [0, 0.05) is 19.2 Å². The van der Waals surface area contributed by atoms with Gasteiger partial charge in [-0.3, -0.25) is 4.79 Å². The molecule has 0 saturated heterocycles. The van der Waals surface area contributed by atoms with E-state index < -0.39 is 0 Å². The van der Waals surface area contributed by atoms with Crippen LogP contribution in [-0.4, -0.2) is 34.4 Å². The lowest BCUT2D eigenvalue weighted by atomic mass is 10.1. The second kappa shape index (κ2) is 8.33. The molecule has 0 unspecified atom stereocenters. The van der Waals surface area contributed by atoms with E-state index in [1.54, 1.807) is 0 Å². The summed E-state index contributed by atoms with van der Waals surface area (Å²) < 4.78 is 4.76. The number of nitrogens with zero attached hydrogens (tertiary/aromatic N) is 3. The number of aliphatic imine (C=N–C) groups is 1. The van der Waals surface area contributed by atoms with Crippen LogP contribution in [0.3, 0.4) is 0 Å². The molecule has 0 radical (unpaired) electrons. The maximum absolute atomic E-state index is 10.8. The molecule has 122 valence electrons. The number of aryl methyl sites for hydroxylation is 1. The zero-order chi connectivity index (χ0) is 16.7. The Hall–Kier alpha value is -2.35. The Morgan fingerprint density at radius 2 is 2.26 bits per heavy atom. The van der Waals surface area contributed by atoms with E-state index in [2.05, 4.69) is 27.5 Å². The molecule has 23 heavy (non-hydrogen) atoms. The Morgan fingerprint density at radius 3 is 3.00 bits per heavy atom. The van der Waals surface area contributed by atoms with E-state index in [0.717, 1.165) is 12.1 Å². The van der Waals surface area contributed by atoms with Gasteiger partial charge in [0.05, 0.1) is 5.69 Å². The molecule has 3 N–H and O–H groups in total. The molecule has 1 aromatic heterocycles. The highest BCUT2D eigenvalue weighted by Crippen LogP contribution is 2.20. The van der Waals surface area contributed by atoms with E-state index >= 15 is 0 Å². The van der Waals surface area contributed by atoms with Gasteiger partial charge in [0.25, 0.3) is 0 Å². The molecule has 0 atom stereocenters. The molecule has 0 aliphatic heterocycles. The van der Waals surface area contributed by atoms with Crippen molar-refractivity contribution in [3.8, 4) is 0 Å². The van der Waals surface area contributed by atoms with Gasteiger partial charge in [0.2, 0.25) is 5.91 Å². The number of aromatic nitrogens is 2. The third kappa shape index (κ3) is 5.10. The van der Waals surface area contributed by atoms with Crippen LogP contribution in [0.5, 0.6) is 0 Å². The lowest BCUT2D eigenvalue weighted by molar-refractivity contribution is -0.118. The molecule has 0 saturated carbocycles. The van der Waals surface area contributed by atoms with E-state index in [1.807, 2.05) is 24.3 Å². The fraction of sp³-hybridized carbons (Fsp3) is 0.333. The molecule has 0 aliphatic rings. The van der Waals surface area contributed by atoms with Crippen molar-refractivity contribution in [3.63, 3.8) is 0 Å². The fourth-order valence-corrected chi connectivity index (χ4v) is 2.61. The average molecular weight is 333 g/mol. The molecule has 1 heterocycles. The minimum atomic E-state index is -0.0685. The zero-order valence-electron chi connectivity index (χ0n) is 13.1. The number of benzene rings is 1. The first-order valence-corrected chi connectivity index (χ1v) is 8.22. The number of amides is 1. The van der Waals surface area contributed by atoms with Crippen LogP contribution in [0, 0.1) is 0 Å². The second-order valence-corrected chi connectivity index (χ2v) is 5.85.